The highest BCUT2D eigenvalue weighted by Gasteiger charge is 2.25. The average Bonchev–Trinajstić information content (AvgIpc) is 3.49. The van der Waals surface area contributed by atoms with Gasteiger partial charge in [0, 0.05) is 29.9 Å². The molecule has 0 bridgehead atoms. The second-order valence-corrected chi connectivity index (χ2v) is 7.21. The van der Waals surface area contributed by atoms with Crippen LogP contribution in [0.5, 0.6) is 0 Å². The summed E-state index contributed by atoms with van der Waals surface area (Å²) in [4.78, 5) is 13.3. The number of aromatic nitrogens is 4. The van der Waals surface area contributed by atoms with Crippen LogP contribution in [-0.2, 0) is 6.42 Å². The molecule has 150 valence electrons. The fraction of sp³-hybridized carbons (Fsp3) is 0.0385. The number of benzene rings is 3. The van der Waals surface area contributed by atoms with Crippen LogP contribution < -0.4 is 0 Å². The lowest BCUT2D eigenvalue weighted by atomic mass is 9.96. The van der Waals surface area contributed by atoms with E-state index in [4.69, 9.17) is 5.10 Å². The maximum atomic E-state index is 13.3. The van der Waals surface area contributed by atoms with Gasteiger partial charge in [-0.1, -0.05) is 91.0 Å². The van der Waals surface area contributed by atoms with Gasteiger partial charge in [-0.05, 0) is 17.2 Å². The Morgan fingerprint density at radius 3 is 1.97 bits per heavy atom. The van der Waals surface area contributed by atoms with Crippen LogP contribution in [0.4, 0.5) is 4.79 Å². The van der Waals surface area contributed by atoms with Crippen LogP contribution >= 0.6 is 0 Å². The van der Waals surface area contributed by atoms with Crippen molar-refractivity contribution in [3.63, 3.8) is 0 Å². The Morgan fingerprint density at radius 2 is 1.35 bits per heavy atom. The molecule has 5 aromatic rings. The van der Waals surface area contributed by atoms with Gasteiger partial charge in [0.05, 0.1) is 5.69 Å². The summed E-state index contributed by atoms with van der Waals surface area (Å²) in [5.74, 6) is 0. The third kappa shape index (κ3) is 3.69. The van der Waals surface area contributed by atoms with Crippen LogP contribution in [0.15, 0.2) is 109 Å². The average molecular weight is 404 g/mol. The minimum Gasteiger partial charge on any atom is -0.244 e. The Balaban J connectivity index is 1.77. The van der Waals surface area contributed by atoms with E-state index in [-0.39, 0.29) is 6.03 Å². The molecular formula is C26H20N4O. The maximum Gasteiger partial charge on any atom is 0.369 e. The van der Waals surface area contributed by atoms with Gasteiger partial charge in [0.25, 0.3) is 0 Å². The number of carbonyl (C=O) groups excluding carboxylic acids is 1. The Bertz CT molecular complexity index is 1290. The molecule has 0 aliphatic rings. The van der Waals surface area contributed by atoms with E-state index in [0.29, 0.717) is 6.42 Å². The van der Waals surface area contributed by atoms with Crippen molar-refractivity contribution in [1.29, 1.82) is 0 Å². The predicted molar refractivity (Wildman–Crippen MR) is 121 cm³/mol. The van der Waals surface area contributed by atoms with Crippen molar-refractivity contribution in [3.05, 3.63) is 121 Å². The van der Waals surface area contributed by atoms with Gasteiger partial charge in [-0.2, -0.15) is 19.6 Å². The van der Waals surface area contributed by atoms with Gasteiger partial charge in [-0.3, -0.25) is 0 Å². The molecule has 0 aliphatic carbocycles. The summed E-state index contributed by atoms with van der Waals surface area (Å²) in [6.45, 7) is 0. The van der Waals surface area contributed by atoms with E-state index in [1.807, 2.05) is 66.7 Å². The lowest BCUT2D eigenvalue weighted by molar-refractivity contribution is 0.237. The molecule has 0 amide bonds. The zero-order chi connectivity index (χ0) is 21.0. The van der Waals surface area contributed by atoms with E-state index < -0.39 is 0 Å². The quantitative estimate of drug-likeness (QED) is 0.396. The number of nitrogens with zero attached hydrogens (tertiary/aromatic N) is 4. The van der Waals surface area contributed by atoms with Crippen molar-refractivity contribution in [2.24, 2.45) is 0 Å². The first-order valence-corrected chi connectivity index (χ1v) is 10.1. The minimum absolute atomic E-state index is 0.310. The molecule has 5 nitrogen and oxygen atoms in total. The smallest absolute Gasteiger partial charge is 0.244 e. The summed E-state index contributed by atoms with van der Waals surface area (Å²) in [6, 6.07) is 31.6. The molecule has 2 heterocycles. The molecule has 5 rings (SSSR count). The molecule has 0 radical (unpaired) electrons. The van der Waals surface area contributed by atoms with Crippen molar-refractivity contribution in [3.8, 4) is 22.4 Å². The Morgan fingerprint density at radius 1 is 0.742 bits per heavy atom. The lowest BCUT2D eigenvalue weighted by Crippen LogP contribution is -2.23. The zero-order valence-corrected chi connectivity index (χ0v) is 16.8. The summed E-state index contributed by atoms with van der Waals surface area (Å²) in [5.41, 5.74) is 5.65. The molecule has 0 N–H and O–H groups in total. The summed E-state index contributed by atoms with van der Waals surface area (Å²) >= 11 is 0. The van der Waals surface area contributed by atoms with Gasteiger partial charge < -0.3 is 0 Å². The van der Waals surface area contributed by atoms with Crippen molar-refractivity contribution >= 4 is 6.03 Å². The first kappa shape index (κ1) is 18.8. The molecule has 2 aromatic heterocycles. The van der Waals surface area contributed by atoms with Crippen molar-refractivity contribution < 1.29 is 4.79 Å². The Hall–Kier alpha value is -4.25. The van der Waals surface area contributed by atoms with Gasteiger partial charge in [-0.15, -0.1) is 0 Å². The molecule has 0 saturated heterocycles. The molecule has 3 aromatic carbocycles. The SMILES string of the molecule is O=C(n1cccn1)n1nc(-c2ccccc2)c(-c2ccccc2)c1Cc1ccccc1. The van der Waals surface area contributed by atoms with E-state index in [9.17, 15) is 4.79 Å². The molecule has 31 heavy (non-hydrogen) atoms. The van der Waals surface area contributed by atoms with Crippen molar-refractivity contribution in [2.75, 3.05) is 0 Å². The first-order chi connectivity index (χ1) is 15.3. The van der Waals surface area contributed by atoms with Gasteiger partial charge in [0.1, 0.15) is 5.69 Å². The molecule has 0 spiro atoms. The molecule has 0 atom stereocenters. The minimum atomic E-state index is -0.310. The van der Waals surface area contributed by atoms with E-state index in [1.54, 1.807) is 18.5 Å². The zero-order valence-electron chi connectivity index (χ0n) is 16.8. The fourth-order valence-corrected chi connectivity index (χ4v) is 3.75. The monoisotopic (exact) mass is 404 g/mol. The van der Waals surface area contributed by atoms with Crippen LogP contribution in [0.25, 0.3) is 22.4 Å². The van der Waals surface area contributed by atoms with Crippen molar-refractivity contribution in [1.82, 2.24) is 19.6 Å². The van der Waals surface area contributed by atoms with Gasteiger partial charge >= 0.3 is 6.03 Å². The second-order valence-electron chi connectivity index (χ2n) is 7.21. The summed E-state index contributed by atoms with van der Waals surface area (Å²) < 4.78 is 2.80. The lowest BCUT2D eigenvalue weighted by Gasteiger charge is -2.10. The predicted octanol–water partition coefficient (Wildman–Crippen LogP) is 5.52. The van der Waals surface area contributed by atoms with Crippen LogP contribution in [-0.4, -0.2) is 25.6 Å². The summed E-state index contributed by atoms with van der Waals surface area (Å²) in [5, 5.41) is 8.95. The highest BCUT2D eigenvalue weighted by molar-refractivity contribution is 5.88. The molecule has 0 unspecified atom stereocenters. The largest absolute Gasteiger partial charge is 0.369 e. The molecular weight excluding hydrogens is 384 g/mol. The van der Waals surface area contributed by atoms with Gasteiger partial charge in [0.2, 0.25) is 0 Å². The Labute approximate surface area is 180 Å². The third-order valence-electron chi connectivity index (χ3n) is 5.19. The van der Waals surface area contributed by atoms with E-state index >= 15 is 0 Å². The molecule has 0 saturated carbocycles. The summed E-state index contributed by atoms with van der Waals surface area (Å²) in [6.07, 6.45) is 3.80. The number of carbonyl (C=O) groups is 1. The van der Waals surface area contributed by atoms with Crippen LogP contribution in [0.2, 0.25) is 0 Å². The highest BCUT2D eigenvalue weighted by atomic mass is 16.2. The molecule has 5 heteroatoms. The van der Waals surface area contributed by atoms with E-state index in [1.165, 1.54) is 9.36 Å². The van der Waals surface area contributed by atoms with Crippen LogP contribution in [0.1, 0.15) is 11.3 Å². The first-order valence-electron chi connectivity index (χ1n) is 10.1. The van der Waals surface area contributed by atoms with Gasteiger partial charge in [0.15, 0.2) is 0 Å². The highest BCUT2D eigenvalue weighted by Crippen LogP contribution is 2.35. The second kappa shape index (κ2) is 8.24. The maximum absolute atomic E-state index is 13.3. The molecule has 0 aliphatic heterocycles. The summed E-state index contributed by atoms with van der Waals surface area (Å²) in [7, 11) is 0. The Kier molecular flexibility index (Phi) is 4.99. The third-order valence-corrected chi connectivity index (χ3v) is 5.19. The van der Waals surface area contributed by atoms with Gasteiger partial charge in [-0.25, -0.2) is 4.79 Å². The van der Waals surface area contributed by atoms with Crippen LogP contribution in [0.3, 0.4) is 0 Å². The number of hydrogen-bond donors (Lipinski definition) is 0. The normalized spacial score (nSPS) is 10.8. The standard InChI is InChI=1S/C26H20N4O/c31-26(29-18-10-17-27-29)30-23(19-20-11-4-1-5-12-20)24(21-13-6-2-7-14-21)25(28-30)22-15-8-3-9-16-22/h1-18H,19H2. The van der Waals surface area contributed by atoms with Crippen molar-refractivity contribution in [2.45, 2.75) is 6.42 Å². The molecule has 0 fully saturated rings. The van der Waals surface area contributed by atoms with E-state index in [2.05, 4.69) is 29.4 Å². The number of rotatable bonds is 4. The number of hydrogen-bond acceptors (Lipinski definition) is 3. The fourth-order valence-electron chi connectivity index (χ4n) is 3.75. The topological polar surface area (TPSA) is 52.7 Å². The van der Waals surface area contributed by atoms with E-state index in [0.717, 1.165) is 33.6 Å². The van der Waals surface area contributed by atoms with Crippen LogP contribution in [0, 0.1) is 0 Å².